The molecule has 0 aromatic heterocycles. The third-order valence-corrected chi connectivity index (χ3v) is 3.64. The van der Waals surface area contributed by atoms with Crippen molar-refractivity contribution in [3.63, 3.8) is 0 Å². The summed E-state index contributed by atoms with van der Waals surface area (Å²) in [5.74, 6) is -0.287. The molecule has 0 heterocycles. The number of carbonyl (C=O) groups is 2. The van der Waals surface area contributed by atoms with Crippen LogP contribution in [0.25, 0.3) is 0 Å². The van der Waals surface area contributed by atoms with E-state index >= 15 is 0 Å². The predicted octanol–water partition coefficient (Wildman–Crippen LogP) is 2.45. The zero-order valence-electron chi connectivity index (χ0n) is 14.3. The van der Waals surface area contributed by atoms with Crippen LogP contribution in [0.3, 0.4) is 0 Å². The highest BCUT2D eigenvalue weighted by Gasteiger charge is 2.07. The van der Waals surface area contributed by atoms with Crippen LogP contribution in [0.5, 0.6) is 17.2 Å². The van der Waals surface area contributed by atoms with Gasteiger partial charge in [0.2, 0.25) is 0 Å². The first kappa shape index (κ1) is 20.2. The van der Waals surface area contributed by atoms with Crippen molar-refractivity contribution in [1.82, 2.24) is 5.43 Å². The third kappa shape index (κ3) is 6.63. The van der Waals surface area contributed by atoms with Crippen molar-refractivity contribution < 1.29 is 28.9 Å². The smallest absolute Gasteiger partial charge is 0.341 e. The van der Waals surface area contributed by atoms with Gasteiger partial charge in [-0.15, -0.1) is 0 Å². The Hall–Kier alpha value is -3.07. The number of rotatable bonds is 9. The van der Waals surface area contributed by atoms with Gasteiger partial charge in [-0.05, 0) is 30.3 Å². The number of nitrogens with zero attached hydrogens (tertiary/aromatic N) is 1. The Morgan fingerprint density at radius 3 is 2.52 bits per heavy atom. The minimum atomic E-state index is -1.09. The summed E-state index contributed by atoms with van der Waals surface area (Å²) >= 11 is 3.31. The Balaban J connectivity index is 1.93. The molecule has 0 atom stereocenters. The lowest BCUT2D eigenvalue weighted by Gasteiger charge is -2.09. The van der Waals surface area contributed by atoms with Crippen molar-refractivity contribution in [2.45, 2.75) is 0 Å². The average Bonchev–Trinajstić information content (AvgIpc) is 2.65. The van der Waals surface area contributed by atoms with Crippen LogP contribution >= 0.6 is 15.9 Å². The summed E-state index contributed by atoms with van der Waals surface area (Å²) in [6.45, 7) is -0.736. The monoisotopic (exact) mass is 436 g/mol. The summed E-state index contributed by atoms with van der Waals surface area (Å²) in [7, 11) is 1.51. The first-order valence-corrected chi connectivity index (χ1v) is 8.50. The number of hydrogen-bond acceptors (Lipinski definition) is 6. The predicted molar refractivity (Wildman–Crippen MR) is 101 cm³/mol. The number of halogens is 1. The normalized spacial score (nSPS) is 10.4. The number of benzene rings is 2. The first-order chi connectivity index (χ1) is 13.0. The molecule has 0 saturated carbocycles. The molecule has 0 unspecified atom stereocenters. The topological polar surface area (TPSA) is 106 Å². The molecule has 1 amide bonds. The number of carbonyl (C=O) groups excluding carboxylic acids is 1. The van der Waals surface area contributed by atoms with Gasteiger partial charge in [0.15, 0.2) is 24.7 Å². The number of carboxylic acid groups (broad SMARTS) is 1. The molecule has 0 aliphatic rings. The van der Waals surface area contributed by atoms with Gasteiger partial charge in [0.25, 0.3) is 5.91 Å². The highest BCUT2D eigenvalue weighted by molar-refractivity contribution is 9.10. The van der Waals surface area contributed by atoms with Gasteiger partial charge < -0.3 is 19.3 Å². The average molecular weight is 437 g/mol. The van der Waals surface area contributed by atoms with Gasteiger partial charge in [0, 0.05) is 10.0 Å². The van der Waals surface area contributed by atoms with Crippen LogP contribution in [0.1, 0.15) is 5.56 Å². The Morgan fingerprint density at radius 2 is 1.81 bits per heavy atom. The van der Waals surface area contributed by atoms with Crippen LogP contribution in [0.4, 0.5) is 0 Å². The van der Waals surface area contributed by atoms with Crippen LogP contribution in [0.2, 0.25) is 0 Å². The largest absolute Gasteiger partial charge is 0.493 e. The van der Waals surface area contributed by atoms with E-state index in [4.69, 9.17) is 19.3 Å². The lowest BCUT2D eigenvalue weighted by Crippen LogP contribution is -2.24. The van der Waals surface area contributed by atoms with Gasteiger partial charge in [-0.2, -0.15) is 5.10 Å². The van der Waals surface area contributed by atoms with Gasteiger partial charge in [0.05, 0.1) is 13.3 Å². The van der Waals surface area contributed by atoms with Gasteiger partial charge in [-0.1, -0.05) is 28.1 Å². The third-order valence-electron chi connectivity index (χ3n) is 3.14. The molecule has 8 nitrogen and oxygen atoms in total. The Bertz CT molecular complexity index is 840. The van der Waals surface area contributed by atoms with Gasteiger partial charge in [0.1, 0.15) is 5.75 Å². The van der Waals surface area contributed by atoms with Gasteiger partial charge in [-0.25, -0.2) is 10.2 Å². The molecular weight excluding hydrogens is 420 g/mol. The summed E-state index contributed by atoms with van der Waals surface area (Å²) in [6, 6.07) is 11.9. The summed E-state index contributed by atoms with van der Waals surface area (Å²) in [6.07, 6.45) is 1.35. The standard InChI is InChI=1S/C18H17BrN2O6/c1-25-15-4-2-3-5-16(15)26-10-17(22)21-20-9-12-8-13(19)6-7-14(12)27-11-18(23)24/h2-9H,10-11H2,1H3,(H,21,22)(H,23,24)/b20-9-. The maximum Gasteiger partial charge on any atom is 0.341 e. The molecule has 2 aromatic rings. The van der Waals surface area contributed by atoms with Gasteiger partial charge >= 0.3 is 5.97 Å². The summed E-state index contributed by atoms with van der Waals surface area (Å²) in [5.41, 5.74) is 2.82. The number of hydrogen-bond donors (Lipinski definition) is 2. The summed E-state index contributed by atoms with van der Waals surface area (Å²) in [4.78, 5) is 22.5. The van der Waals surface area contributed by atoms with Crippen molar-refractivity contribution in [2.24, 2.45) is 5.10 Å². The quantitative estimate of drug-likeness (QED) is 0.461. The van der Waals surface area contributed by atoms with Crippen LogP contribution in [0.15, 0.2) is 52.0 Å². The molecule has 0 radical (unpaired) electrons. The minimum Gasteiger partial charge on any atom is -0.493 e. The summed E-state index contributed by atoms with van der Waals surface area (Å²) in [5, 5.41) is 12.6. The van der Waals surface area contributed by atoms with E-state index in [0.717, 1.165) is 4.47 Å². The molecule has 0 saturated heterocycles. The van der Waals surface area contributed by atoms with E-state index in [1.165, 1.54) is 13.3 Å². The molecule has 2 aromatic carbocycles. The van der Waals surface area contributed by atoms with E-state index in [2.05, 4.69) is 26.5 Å². The van der Waals surface area contributed by atoms with E-state index in [0.29, 0.717) is 22.8 Å². The zero-order chi connectivity index (χ0) is 19.6. The van der Waals surface area contributed by atoms with Crippen LogP contribution < -0.4 is 19.6 Å². The molecule has 9 heteroatoms. The second kappa shape index (κ2) is 10.2. The Kier molecular flexibility index (Phi) is 7.63. The number of amides is 1. The number of methoxy groups -OCH3 is 1. The molecule has 0 aliphatic carbocycles. The van der Waals surface area contributed by atoms with E-state index in [1.54, 1.807) is 42.5 Å². The van der Waals surface area contributed by atoms with Gasteiger partial charge in [-0.3, -0.25) is 4.79 Å². The number of ether oxygens (including phenoxy) is 3. The number of aliphatic carboxylic acids is 1. The van der Waals surface area contributed by atoms with Crippen molar-refractivity contribution in [1.29, 1.82) is 0 Å². The molecular formula is C18H17BrN2O6. The number of para-hydroxylation sites is 2. The number of hydrazone groups is 1. The minimum absolute atomic E-state index is 0.251. The number of nitrogens with one attached hydrogen (secondary N) is 1. The second-order valence-corrected chi connectivity index (χ2v) is 6.01. The maximum atomic E-state index is 11.9. The Labute approximate surface area is 163 Å². The fourth-order valence-electron chi connectivity index (χ4n) is 1.98. The zero-order valence-corrected chi connectivity index (χ0v) is 15.9. The van der Waals surface area contributed by atoms with E-state index in [-0.39, 0.29) is 6.61 Å². The first-order valence-electron chi connectivity index (χ1n) is 7.71. The fraction of sp³-hybridized carbons (Fsp3) is 0.167. The second-order valence-electron chi connectivity index (χ2n) is 5.10. The highest BCUT2D eigenvalue weighted by atomic mass is 79.9. The van der Waals surface area contributed by atoms with E-state index in [9.17, 15) is 9.59 Å². The van der Waals surface area contributed by atoms with Crippen molar-refractivity contribution in [2.75, 3.05) is 20.3 Å². The SMILES string of the molecule is COc1ccccc1OCC(=O)N/N=C\c1cc(Br)ccc1OCC(=O)O. The molecule has 0 bridgehead atoms. The summed E-state index contributed by atoms with van der Waals surface area (Å²) < 4.78 is 16.5. The molecule has 142 valence electrons. The molecule has 0 fully saturated rings. The molecule has 27 heavy (non-hydrogen) atoms. The molecule has 2 N–H and O–H groups in total. The lowest BCUT2D eigenvalue weighted by atomic mass is 10.2. The number of carboxylic acids is 1. The maximum absolute atomic E-state index is 11.9. The molecule has 2 rings (SSSR count). The van der Waals surface area contributed by atoms with Crippen molar-refractivity contribution in [3.8, 4) is 17.2 Å². The van der Waals surface area contributed by atoms with E-state index in [1.807, 2.05) is 0 Å². The highest BCUT2D eigenvalue weighted by Crippen LogP contribution is 2.25. The van der Waals surface area contributed by atoms with Crippen molar-refractivity contribution in [3.05, 3.63) is 52.5 Å². The van der Waals surface area contributed by atoms with Crippen LogP contribution in [-0.4, -0.2) is 43.5 Å². The van der Waals surface area contributed by atoms with Crippen LogP contribution in [0, 0.1) is 0 Å². The van der Waals surface area contributed by atoms with Crippen molar-refractivity contribution >= 4 is 34.0 Å². The lowest BCUT2D eigenvalue weighted by molar-refractivity contribution is -0.139. The molecule has 0 spiro atoms. The molecule has 0 aliphatic heterocycles. The van der Waals surface area contributed by atoms with E-state index < -0.39 is 18.5 Å². The Morgan fingerprint density at radius 1 is 1.11 bits per heavy atom. The van der Waals surface area contributed by atoms with Crippen LogP contribution in [-0.2, 0) is 9.59 Å². The fourth-order valence-corrected chi connectivity index (χ4v) is 2.36.